The van der Waals surface area contributed by atoms with E-state index in [1.807, 2.05) is 0 Å². The second-order valence-electron chi connectivity index (χ2n) is 14.2. The Bertz CT molecular complexity index is 2090. The summed E-state index contributed by atoms with van der Waals surface area (Å²) in [5.41, 5.74) is 15.4. The van der Waals surface area contributed by atoms with Crippen LogP contribution in [0.4, 0.5) is 0 Å². The first-order chi connectivity index (χ1) is 23.2. The normalized spacial score (nSPS) is 17.6. The molecule has 6 aromatic carbocycles. The van der Waals surface area contributed by atoms with E-state index in [4.69, 9.17) is 0 Å². The molecule has 1 saturated heterocycles. The molecule has 0 nitrogen and oxygen atoms in total. The van der Waals surface area contributed by atoms with Gasteiger partial charge in [-0.2, -0.15) is 0 Å². The molecule has 244 valence electrons. The fourth-order valence-corrected chi connectivity index (χ4v) is 19.9. The molecule has 1 fully saturated rings. The summed E-state index contributed by atoms with van der Waals surface area (Å²) in [6, 6.07) is 46.0. The average Bonchev–Trinajstić information content (AvgIpc) is 3.66. The molecular formula is C46H42Cl2Ti. The van der Waals surface area contributed by atoms with Gasteiger partial charge in [0, 0.05) is 0 Å². The van der Waals surface area contributed by atoms with Crippen LogP contribution in [0, 0.1) is 0 Å². The van der Waals surface area contributed by atoms with Gasteiger partial charge in [0.25, 0.3) is 0 Å². The standard InChI is InChI=1S/2C22H19.C2H4.2ClH.Ti/c2*1-2-7-16-14-18-10-6-13-21(22(18)15-16)20-12-5-9-17-8-3-4-11-19(17)20;1-2;;;/h2*3-6,8-15H,2,7H2,1H3;1-2H2;2*1H;/q;;;;;+2/p-2. The van der Waals surface area contributed by atoms with E-state index in [9.17, 15) is 0 Å². The second kappa shape index (κ2) is 13.7. The van der Waals surface area contributed by atoms with Crippen LogP contribution >= 0.6 is 0 Å². The third kappa shape index (κ3) is 5.48. The van der Waals surface area contributed by atoms with E-state index in [0.717, 1.165) is 0 Å². The number of halogens is 2. The Morgan fingerprint density at radius 1 is 0.469 bits per heavy atom. The summed E-state index contributed by atoms with van der Waals surface area (Å²) in [6.45, 7) is 4.76. The SMILES string of the molecule is CCCC1=Cc2c(-c3cccc4ccccc34)cccc2[CH]1[Ti+2]1([CH]2C(CCC)=Cc3c(-c4cccc5ccccc45)cccc32)[CH2][CH2]1.[Cl-].[Cl-]. The predicted octanol–water partition coefficient (Wildman–Crippen LogP) is 7.52. The number of fused-ring (bicyclic) bond motifs is 4. The Kier molecular flexibility index (Phi) is 9.55. The molecule has 0 saturated carbocycles. The van der Waals surface area contributed by atoms with Gasteiger partial charge in [-0.15, -0.1) is 0 Å². The van der Waals surface area contributed by atoms with Crippen molar-refractivity contribution in [2.75, 3.05) is 0 Å². The summed E-state index contributed by atoms with van der Waals surface area (Å²) >= 11 is -2.49. The number of benzene rings is 6. The summed E-state index contributed by atoms with van der Waals surface area (Å²) in [7, 11) is 0. The van der Waals surface area contributed by atoms with E-state index >= 15 is 0 Å². The summed E-state index contributed by atoms with van der Waals surface area (Å²) in [5.74, 6) is 0. The third-order valence-electron chi connectivity index (χ3n) is 11.5. The van der Waals surface area contributed by atoms with E-state index in [1.54, 1.807) is 22.3 Å². The fraction of sp³-hybridized carbons (Fsp3) is 0.217. The van der Waals surface area contributed by atoms with Gasteiger partial charge in [-0.05, 0) is 0 Å². The molecule has 2 unspecified atom stereocenters. The predicted molar refractivity (Wildman–Crippen MR) is 200 cm³/mol. The van der Waals surface area contributed by atoms with Crippen molar-refractivity contribution >= 4 is 33.7 Å². The minimum atomic E-state index is -2.49. The Morgan fingerprint density at radius 2 is 0.857 bits per heavy atom. The van der Waals surface area contributed by atoms with Crippen molar-refractivity contribution in [3.05, 3.63) is 155 Å². The monoisotopic (exact) mass is 712 g/mol. The van der Waals surface area contributed by atoms with Crippen molar-refractivity contribution in [3.63, 3.8) is 0 Å². The van der Waals surface area contributed by atoms with Crippen LogP contribution < -0.4 is 24.8 Å². The zero-order chi connectivity index (χ0) is 31.5. The van der Waals surface area contributed by atoms with Gasteiger partial charge in [0.2, 0.25) is 0 Å². The Labute approximate surface area is 307 Å². The molecule has 3 aliphatic rings. The molecule has 1 heterocycles. The van der Waals surface area contributed by atoms with Gasteiger partial charge in [-0.3, -0.25) is 0 Å². The van der Waals surface area contributed by atoms with Crippen molar-refractivity contribution < 1.29 is 41.4 Å². The Morgan fingerprint density at radius 3 is 1.29 bits per heavy atom. The van der Waals surface area contributed by atoms with E-state index < -0.39 is 16.6 Å². The number of rotatable bonds is 8. The molecule has 0 aromatic heterocycles. The molecule has 0 spiro atoms. The van der Waals surface area contributed by atoms with Crippen molar-refractivity contribution in [2.24, 2.45) is 0 Å². The topological polar surface area (TPSA) is 0 Å². The molecule has 1 aliphatic heterocycles. The first-order valence-corrected chi connectivity index (χ1v) is 21.9. The molecule has 49 heavy (non-hydrogen) atoms. The van der Waals surface area contributed by atoms with Crippen LogP contribution in [0.25, 0.3) is 56.0 Å². The molecular weight excluding hydrogens is 671 g/mol. The largest absolute Gasteiger partial charge is 1.00 e. The average molecular weight is 714 g/mol. The molecule has 0 bridgehead atoms. The van der Waals surface area contributed by atoms with Crippen LogP contribution in [-0.4, -0.2) is 0 Å². The molecule has 0 amide bonds. The van der Waals surface area contributed by atoms with E-state index in [1.165, 1.54) is 90.1 Å². The molecule has 0 radical (unpaired) electrons. The van der Waals surface area contributed by atoms with Crippen LogP contribution in [0.15, 0.2) is 132 Å². The van der Waals surface area contributed by atoms with Crippen LogP contribution in [0.3, 0.4) is 0 Å². The van der Waals surface area contributed by atoms with Crippen molar-refractivity contribution in [1.82, 2.24) is 0 Å². The van der Waals surface area contributed by atoms with Crippen LogP contribution in [0.2, 0.25) is 9.45 Å². The summed E-state index contributed by atoms with van der Waals surface area (Å²) in [5, 5.41) is 5.37. The maximum absolute atomic E-state index is 2.66. The van der Waals surface area contributed by atoms with Gasteiger partial charge in [-0.1, -0.05) is 0 Å². The molecule has 3 heteroatoms. The van der Waals surface area contributed by atoms with E-state index in [2.05, 4.69) is 147 Å². The van der Waals surface area contributed by atoms with Gasteiger partial charge in [0.15, 0.2) is 0 Å². The maximum Gasteiger partial charge on any atom is -1.00 e. The summed E-state index contributed by atoms with van der Waals surface area (Å²) < 4.78 is 4.26. The Balaban J connectivity index is 0.00000189. The van der Waals surface area contributed by atoms with Gasteiger partial charge in [-0.25, -0.2) is 0 Å². The summed E-state index contributed by atoms with van der Waals surface area (Å²) in [4.78, 5) is 0. The van der Waals surface area contributed by atoms with Crippen molar-refractivity contribution in [3.8, 4) is 22.3 Å². The van der Waals surface area contributed by atoms with Crippen LogP contribution in [0.1, 0.15) is 70.2 Å². The molecule has 2 aliphatic carbocycles. The molecule has 0 N–H and O–H groups in total. The number of hydrogen-bond acceptors (Lipinski definition) is 0. The molecule has 2 atom stereocenters. The van der Waals surface area contributed by atoms with Gasteiger partial charge >= 0.3 is 285 Å². The maximum atomic E-state index is 2.66. The zero-order valence-electron chi connectivity index (χ0n) is 28.4. The number of hydrogen-bond donors (Lipinski definition) is 0. The fourth-order valence-electron chi connectivity index (χ4n) is 9.58. The first-order valence-electron chi connectivity index (χ1n) is 17.8. The third-order valence-corrected chi connectivity index (χ3v) is 19.8. The quantitative estimate of drug-likeness (QED) is 0.143. The van der Waals surface area contributed by atoms with E-state index in [0.29, 0.717) is 8.45 Å². The number of allylic oxidation sites excluding steroid dienone is 2. The summed E-state index contributed by atoms with van der Waals surface area (Å²) in [6.07, 6.45) is 10.2. The minimum absolute atomic E-state index is 0. The minimum Gasteiger partial charge on any atom is -1.00 e. The smallest absolute Gasteiger partial charge is 1.00 e. The van der Waals surface area contributed by atoms with Gasteiger partial charge in [0.05, 0.1) is 0 Å². The van der Waals surface area contributed by atoms with Crippen molar-refractivity contribution in [1.29, 1.82) is 0 Å². The van der Waals surface area contributed by atoms with E-state index in [-0.39, 0.29) is 24.8 Å². The van der Waals surface area contributed by atoms with Crippen LogP contribution in [-0.2, 0) is 16.6 Å². The van der Waals surface area contributed by atoms with Crippen molar-refractivity contribution in [2.45, 2.75) is 57.4 Å². The first kappa shape index (κ1) is 34.1. The second-order valence-corrected chi connectivity index (χ2v) is 21.4. The zero-order valence-corrected chi connectivity index (χ0v) is 31.4. The molecule has 9 rings (SSSR count). The van der Waals surface area contributed by atoms with Gasteiger partial charge < -0.3 is 24.8 Å². The Hall–Kier alpha value is -3.39. The van der Waals surface area contributed by atoms with Crippen LogP contribution in [0.5, 0.6) is 0 Å². The molecule has 6 aromatic rings. The van der Waals surface area contributed by atoms with Gasteiger partial charge in [0.1, 0.15) is 0 Å².